The van der Waals surface area contributed by atoms with Crippen molar-refractivity contribution in [3.05, 3.63) is 32.7 Å². The number of carbonyl (C=O) groups excluding carboxylic acids is 1. The number of nitriles is 1. The van der Waals surface area contributed by atoms with Crippen LogP contribution in [0, 0.1) is 25.2 Å². The van der Waals surface area contributed by atoms with Gasteiger partial charge < -0.3 is 9.72 Å². The molecule has 0 radical (unpaired) electrons. The van der Waals surface area contributed by atoms with Gasteiger partial charge in [-0.15, -0.1) is 0 Å². The van der Waals surface area contributed by atoms with Crippen molar-refractivity contribution < 1.29 is 9.53 Å². The van der Waals surface area contributed by atoms with E-state index < -0.39 is 11.5 Å². The van der Waals surface area contributed by atoms with Crippen LogP contribution in [0.1, 0.15) is 34.1 Å². The Labute approximate surface area is 92.7 Å². The molecule has 0 aliphatic carbocycles. The molecule has 5 heteroatoms. The number of carbonyl (C=O) groups is 1. The highest BCUT2D eigenvalue weighted by atomic mass is 16.5. The maximum absolute atomic E-state index is 11.6. The van der Waals surface area contributed by atoms with Gasteiger partial charge in [-0.05, 0) is 26.3 Å². The summed E-state index contributed by atoms with van der Waals surface area (Å²) in [5.74, 6) is -0.634. The zero-order valence-electron chi connectivity index (χ0n) is 9.38. The lowest BCUT2D eigenvalue weighted by molar-refractivity contribution is 0.0524. The van der Waals surface area contributed by atoms with E-state index in [-0.39, 0.29) is 17.7 Å². The Kier molecular flexibility index (Phi) is 3.46. The first-order chi connectivity index (χ1) is 7.52. The van der Waals surface area contributed by atoms with E-state index in [0.29, 0.717) is 11.3 Å². The third-order valence-electron chi connectivity index (χ3n) is 2.31. The van der Waals surface area contributed by atoms with E-state index in [0.717, 1.165) is 0 Å². The summed E-state index contributed by atoms with van der Waals surface area (Å²) in [7, 11) is 0. The summed E-state index contributed by atoms with van der Waals surface area (Å²) in [5, 5.41) is 8.85. The molecule has 0 fully saturated rings. The highest BCUT2D eigenvalue weighted by Gasteiger charge is 2.20. The van der Waals surface area contributed by atoms with Gasteiger partial charge in [-0.2, -0.15) is 5.26 Å². The van der Waals surface area contributed by atoms with E-state index in [1.54, 1.807) is 26.8 Å². The average molecular weight is 220 g/mol. The van der Waals surface area contributed by atoms with Gasteiger partial charge in [0.15, 0.2) is 0 Å². The number of hydrogen-bond donors (Lipinski definition) is 1. The van der Waals surface area contributed by atoms with Crippen LogP contribution in [-0.4, -0.2) is 17.6 Å². The first-order valence-corrected chi connectivity index (χ1v) is 4.83. The number of nitrogens with zero attached hydrogens (tertiary/aromatic N) is 1. The first-order valence-electron chi connectivity index (χ1n) is 4.83. The predicted octanol–water partition coefficient (Wildman–Crippen LogP) is 1.04. The number of aryl methyl sites for hydroxylation is 1. The van der Waals surface area contributed by atoms with Crippen LogP contribution in [0.3, 0.4) is 0 Å². The van der Waals surface area contributed by atoms with Gasteiger partial charge in [-0.25, -0.2) is 4.79 Å². The van der Waals surface area contributed by atoms with Crippen molar-refractivity contribution >= 4 is 5.97 Å². The minimum absolute atomic E-state index is 0.0607. The second-order valence-corrected chi connectivity index (χ2v) is 3.29. The standard InChI is InChI=1S/C11H12N2O3/c1-4-16-11(15)9-6(2)7(3)13-10(14)8(9)5-12/h4H2,1-3H3,(H,13,14). The van der Waals surface area contributed by atoms with Gasteiger partial charge in [0.25, 0.3) is 5.56 Å². The molecule has 0 bridgehead atoms. The van der Waals surface area contributed by atoms with Crippen molar-refractivity contribution in [1.29, 1.82) is 5.26 Å². The Bertz CT molecular complexity index is 523. The van der Waals surface area contributed by atoms with Gasteiger partial charge in [-0.1, -0.05) is 0 Å². The van der Waals surface area contributed by atoms with Crippen LogP contribution >= 0.6 is 0 Å². The number of aromatic nitrogens is 1. The van der Waals surface area contributed by atoms with Crippen molar-refractivity contribution in [3.63, 3.8) is 0 Å². The monoisotopic (exact) mass is 220 g/mol. The summed E-state index contributed by atoms with van der Waals surface area (Å²) < 4.78 is 4.82. The number of ether oxygens (including phenoxy) is 1. The summed E-state index contributed by atoms with van der Waals surface area (Å²) in [6.45, 7) is 5.20. The van der Waals surface area contributed by atoms with Crippen molar-refractivity contribution in [1.82, 2.24) is 4.98 Å². The van der Waals surface area contributed by atoms with Crippen LogP contribution in [0.4, 0.5) is 0 Å². The molecule has 0 saturated carbocycles. The highest BCUT2D eigenvalue weighted by molar-refractivity contribution is 5.93. The highest BCUT2D eigenvalue weighted by Crippen LogP contribution is 2.13. The average Bonchev–Trinajstić information content (AvgIpc) is 2.23. The summed E-state index contributed by atoms with van der Waals surface area (Å²) in [5.41, 5.74) is 0.433. The quantitative estimate of drug-likeness (QED) is 0.755. The van der Waals surface area contributed by atoms with Crippen molar-refractivity contribution in [3.8, 4) is 6.07 Å². The third-order valence-corrected chi connectivity index (χ3v) is 2.31. The zero-order chi connectivity index (χ0) is 12.3. The number of H-pyrrole nitrogens is 1. The fourth-order valence-corrected chi connectivity index (χ4v) is 1.38. The van der Waals surface area contributed by atoms with Crippen LogP contribution < -0.4 is 5.56 Å². The smallest absolute Gasteiger partial charge is 0.340 e. The normalized spacial score (nSPS) is 9.62. The fourth-order valence-electron chi connectivity index (χ4n) is 1.38. The van der Waals surface area contributed by atoms with Crippen molar-refractivity contribution in [2.45, 2.75) is 20.8 Å². The van der Waals surface area contributed by atoms with E-state index in [4.69, 9.17) is 10.00 Å². The minimum Gasteiger partial charge on any atom is -0.462 e. The summed E-state index contributed by atoms with van der Waals surface area (Å²) in [6.07, 6.45) is 0. The lowest BCUT2D eigenvalue weighted by Gasteiger charge is -2.08. The lowest BCUT2D eigenvalue weighted by atomic mass is 10.0. The number of nitrogens with one attached hydrogen (secondary N) is 1. The van der Waals surface area contributed by atoms with E-state index in [1.165, 1.54) is 0 Å². The third kappa shape index (κ3) is 1.96. The summed E-state index contributed by atoms with van der Waals surface area (Å²) in [4.78, 5) is 25.6. The molecule has 0 atom stereocenters. The van der Waals surface area contributed by atoms with Crippen molar-refractivity contribution in [2.75, 3.05) is 6.61 Å². The molecule has 0 aliphatic rings. The number of pyridine rings is 1. The molecule has 0 aromatic carbocycles. The topological polar surface area (TPSA) is 83.0 Å². The van der Waals surface area contributed by atoms with Gasteiger partial charge in [0, 0.05) is 5.69 Å². The summed E-state index contributed by atoms with van der Waals surface area (Å²) >= 11 is 0. The van der Waals surface area contributed by atoms with Crippen LogP contribution in [0.5, 0.6) is 0 Å². The number of hydrogen-bond acceptors (Lipinski definition) is 4. The molecule has 1 heterocycles. The molecular weight excluding hydrogens is 208 g/mol. The second kappa shape index (κ2) is 4.62. The molecule has 1 aromatic rings. The Morgan fingerprint density at radius 2 is 2.12 bits per heavy atom. The molecule has 1 aromatic heterocycles. The van der Waals surface area contributed by atoms with Gasteiger partial charge in [-0.3, -0.25) is 4.79 Å². The molecule has 0 saturated heterocycles. The second-order valence-electron chi connectivity index (χ2n) is 3.29. The SMILES string of the molecule is CCOC(=O)c1c(C)c(C)[nH]c(=O)c1C#N. The Hall–Kier alpha value is -2.09. The van der Waals surface area contributed by atoms with Gasteiger partial charge in [0.05, 0.1) is 12.2 Å². The molecule has 0 aliphatic heterocycles. The number of aromatic amines is 1. The Morgan fingerprint density at radius 3 is 2.62 bits per heavy atom. The molecule has 84 valence electrons. The molecule has 0 spiro atoms. The van der Waals surface area contributed by atoms with Crippen molar-refractivity contribution in [2.24, 2.45) is 0 Å². The van der Waals surface area contributed by atoms with Crippen LogP contribution in [0.25, 0.3) is 0 Å². The van der Waals surface area contributed by atoms with Gasteiger partial charge >= 0.3 is 5.97 Å². The molecule has 16 heavy (non-hydrogen) atoms. The van der Waals surface area contributed by atoms with Crippen LogP contribution in [0.15, 0.2) is 4.79 Å². The Balaban J connectivity index is 3.53. The van der Waals surface area contributed by atoms with E-state index in [9.17, 15) is 9.59 Å². The van der Waals surface area contributed by atoms with Crippen LogP contribution in [0.2, 0.25) is 0 Å². The number of rotatable bonds is 2. The van der Waals surface area contributed by atoms with E-state index >= 15 is 0 Å². The minimum atomic E-state index is -0.634. The molecule has 1 rings (SSSR count). The van der Waals surface area contributed by atoms with E-state index in [1.807, 2.05) is 0 Å². The van der Waals surface area contributed by atoms with Gasteiger partial charge in [0.1, 0.15) is 11.6 Å². The molecule has 5 nitrogen and oxygen atoms in total. The zero-order valence-corrected chi connectivity index (χ0v) is 9.38. The number of esters is 1. The molecule has 0 unspecified atom stereocenters. The lowest BCUT2D eigenvalue weighted by Crippen LogP contribution is -2.21. The Morgan fingerprint density at radius 1 is 1.50 bits per heavy atom. The maximum Gasteiger partial charge on any atom is 0.340 e. The first kappa shape index (κ1) is 12.0. The molecule has 1 N–H and O–H groups in total. The molecule has 0 amide bonds. The van der Waals surface area contributed by atoms with Crippen LogP contribution in [-0.2, 0) is 4.74 Å². The van der Waals surface area contributed by atoms with Gasteiger partial charge in [0.2, 0.25) is 0 Å². The summed E-state index contributed by atoms with van der Waals surface area (Å²) in [6, 6.07) is 1.73. The fraction of sp³-hybridized carbons (Fsp3) is 0.364. The molecular formula is C11H12N2O3. The van der Waals surface area contributed by atoms with E-state index in [2.05, 4.69) is 4.98 Å². The largest absolute Gasteiger partial charge is 0.462 e. The maximum atomic E-state index is 11.6. The predicted molar refractivity (Wildman–Crippen MR) is 57.2 cm³/mol.